The second-order valence-corrected chi connectivity index (χ2v) is 9.61. The van der Waals surface area contributed by atoms with E-state index in [1.54, 1.807) is 6.07 Å². The van der Waals surface area contributed by atoms with Gasteiger partial charge in [-0.3, -0.25) is 4.79 Å². The molecule has 0 aliphatic carbocycles. The summed E-state index contributed by atoms with van der Waals surface area (Å²) in [5.74, 6) is 0.391. The van der Waals surface area contributed by atoms with Crippen LogP contribution in [0.5, 0.6) is 0 Å². The van der Waals surface area contributed by atoms with Gasteiger partial charge in [0.1, 0.15) is 0 Å². The lowest BCUT2D eigenvalue weighted by Crippen LogP contribution is -2.35. The Bertz CT molecular complexity index is 971. The highest BCUT2D eigenvalue weighted by Gasteiger charge is 2.18. The molecule has 2 aromatic carbocycles. The zero-order valence-corrected chi connectivity index (χ0v) is 22.7. The summed E-state index contributed by atoms with van der Waals surface area (Å²) in [4.78, 5) is 30.2. The zero-order valence-electron chi connectivity index (χ0n) is 22.7. The Morgan fingerprint density at radius 3 is 2.00 bits per heavy atom. The molecule has 0 saturated carbocycles. The van der Waals surface area contributed by atoms with Crippen LogP contribution in [-0.2, 0) is 0 Å². The van der Waals surface area contributed by atoms with Gasteiger partial charge in [-0.25, -0.2) is 4.79 Å². The fourth-order valence-electron chi connectivity index (χ4n) is 4.12. The van der Waals surface area contributed by atoms with E-state index in [4.69, 9.17) is 0 Å². The van der Waals surface area contributed by atoms with Crippen LogP contribution in [0.2, 0.25) is 0 Å². The van der Waals surface area contributed by atoms with Crippen molar-refractivity contribution in [2.45, 2.75) is 53.4 Å². The Hall–Kier alpha value is -3.06. The lowest BCUT2D eigenvalue weighted by Gasteiger charge is -2.21. The van der Waals surface area contributed by atoms with Gasteiger partial charge in [0.15, 0.2) is 0 Å². The summed E-state index contributed by atoms with van der Waals surface area (Å²) < 4.78 is 0. The molecule has 0 atom stereocenters. The molecule has 0 aromatic heterocycles. The van der Waals surface area contributed by atoms with E-state index in [1.165, 1.54) is 0 Å². The molecule has 0 fully saturated rings. The lowest BCUT2D eigenvalue weighted by molar-refractivity contribution is 0.0949. The monoisotopic (exact) mass is 481 g/mol. The number of benzene rings is 2. The summed E-state index contributed by atoms with van der Waals surface area (Å²) >= 11 is 0. The summed E-state index contributed by atoms with van der Waals surface area (Å²) in [6.07, 6.45) is 0. The molecule has 0 aliphatic rings. The highest BCUT2D eigenvalue weighted by atomic mass is 16.2. The molecule has 0 heterocycles. The molecule has 7 heteroatoms. The van der Waals surface area contributed by atoms with Crippen molar-refractivity contribution in [3.63, 3.8) is 0 Å². The first kappa shape index (κ1) is 28.2. The third-order valence-electron chi connectivity index (χ3n) is 6.20. The maximum atomic E-state index is 13.0. The van der Waals surface area contributed by atoms with Crippen molar-refractivity contribution in [2.24, 2.45) is 0 Å². The summed E-state index contributed by atoms with van der Waals surface area (Å²) in [5, 5.41) is 9.01. The zero-order chi connectivity index (χ0) is 26.1. The van der Waals surface area contributed by atoms with Crippen molar-refractivity contribution in [1.29, 1.82) is 0 Å². The first-order valence-electron chi connectivity index (χ1n) is 12.6. The van der Waals surface area contributed by atoms with Gasteiger partial charge in [0, 0.05) is 44.2 Å². The number of urea groups is 1. The van der Waals surface area contributed by atoms with Crippen molar-refractivity contribution < 1.29 is 9.59 Å². The van der Waals surface area contributed by atoms with E-state index >= 15 is 0 Å². The molecular weight excluding hydrogens is 438 g/mol. The topological polar surface area (TPSA) is 76.7 Å². The minimum Gasteiger partial charge on any atom is -0.377 e. The number of hydrogen-bond donors (Lipinski definition) is 3. The van der Waals surface area contributed by atoms with Gasteiger partial charge in [0.25, 0.3) is 5.91 Å². The second kappa shape index (κ2) is 13.1. The Kier molecular flexibility index (Phi) is 10.6. The molecule has 0 aliphatic heterocycles. The molecule has 0 unspecified atom stereocenters. The maximum Gasteiger partial charge on any atom is 0.323 e. The number of nitrogens with one attached hydrogen (secondary N) is 3. The molecule has 0 saturated heterocycles. The number of rotatable bonds is 11. The summed E-state index contributed by atoms with van der Waals surface area (Å²) in [5.41, 5.74) is 4.94. The van der Waals surface area contributed by atoms with E-state index in [-0.39, 0.29) is 23.8 Å². The highest BCUT2D eigenvalue weighted by molar-refractivity contribution is 6.04. The van der Waals surface area contributed by atoms with Crippen LogP contribution in [-0.4, -0.2) is 57.1 Å². The maximum absolute atomic E-state index is 13.0. The number of likely N-dealkylation sites (N-methyl/N-ethyl adjacent to an activating group) is 1. The van der Waals surface area contributed by atoms with Gasteiger partial charge in [0.05, 0.1) is 5.56 Å². The molecule has 0 radical (unpaired) electrons. The number of anilines is 3. The highest BCUT2D eigenvalue weighted by Crippen LogP contribution is 2.32. The molecule has 3 amide bonds. The van der Waals surface area contributed by atoms with Gasteiger partial charge in [-0.1, -0.05) is 59.7 Å². The Balaban J connectivity index is 2.22. The van der Waals surface area contributed by atoms with Gasteiger partial charge in [-0.15, -0.1) is 0 Å². The van der Waals surface area contributed by atoms with E-state index in [9.17, 15) is 9.59 Å². The smallest absolute Gasteiger partial charge is 0.323 e. The predicted octanol–water partition coefficient (Wildman–Crippen LogP) is 5.72. The summed E-state index contributed by atoms with van der Waals surface area (Å²) in [6.45, 7) is 15.9. The minimum atomic E-state index is -0.328. The molecule has 0 bridgehead atoms. The first-order valence-corrected chi connectivity index (χ1v) is 12.6. The third kappa shape index (κ3) is 7.72. The first-order chi connectivity index (χ1) is 16.6. The van der Waals surface area contributed by atoms with Crippen molar-refractivity contribution in [3.8, 4) is 0 Å². The van der Waals surface area contributed by atoms with E-state index in [0.717, 1.165) is 42.1 Å². The van der Waals surface area contributed by atoms with Gasteiger partial charge in [0.2, 0.25) is 0 Å². The van der Waals surface area contributed by atoms with E-state index in [0.29, 0.717) is 17.8 Å². The van der Waals surface area contributed by atoms with Crippen LogP contribution >= 0.6 is 0 Å². The summed E-state index contributed by atoms with van der Waals surface area (Å²) in [7, 11) is 3.80. The van der Waals surface area contributed by atoms with Gasteiger partial charge in [-0.2, -0.15) is 0 Å². The Morgan fingerprint density at radius 1 is 0.886 bits per heavy atom. The normalized spacial score (nSPS) is 11.2. The molecule has 2 aromatic rings. The van der Waals surface area contributed by atoms with Crippen molar-refractivity contribution >= 4 is 29.0 Å². The molecule has 0 spiro atoms. The average Bonchev–Trinajstić information content (AvgIpc) is 2.81. The molecule has 2 rings (SSSR count). The standard InChI is InChI=1S/C28H43N5O2/c1-9-33(10-2)17-16-29-27(34)24-18-21(14-15-25(24)32(7)8)30-28(35)31-26-22(19(3)4)12-11-13-23(26)20(5)6/h11-15,18-20H,9-10,16-17H2,1-8H3,(H,29,34)(H2,30,31,35). The molecule has 3 N–H and O–H groups in total. The van der Waals surface area contributed by atoms with Crippen molar-refractivity contribution in [2.75, 3.05) is 55.8 Å². The van der Waals surface area contributed by atoms with E-state index in [1.807, 2.05) is 37.2 Å². The number of nitrogens with zero attached hydrogens (tertiary/aromatic N) is 2. The quantitative estimate of drug-likeness (QED) is 0.384. The van der Waals surface area contributed by atoms with Crippen LogP contribution in [0.15, 0.2) is 36.4 Å². The van der Waals surface area contributed by atoms with Crippen LogP contribution in [0.4, 0.5) is 21.9 Å². The van der Waals surface area contributed by atoms with Crippen molar-refractivity contribution in [3.05, 3.63) is 53.1 Å². The third-order valence-corrected chi connectivity index (χ3v) is 6.20. The predicted molar refractivity (Wildman–Crippen MR) is 148 cm³/mol. The minimum absolute atomic E-state index is 0.155. The van der Waals surface area contributed by atoms with E-state index in [2.05, 4.69) is 74.5 Å². The fraction of sp³-hybridized carbons (Fsp3) is 0.500. The van der Waals surface area contributed by atoms with Crippen LogP contribution in [0.3, 0.4) is 0 Å². The number of hydrogen-bond acceptors (Lipinski definition) is 4. The number of para-hydroxylation sites is 1. The Morgan fingerprint density at radius 2 is 1.49 bits per heavy atom. The number of carbonyl (C=O) groups is 2. The SMILES string of the molecule is CCN(CC)CCNC(=O)c1cc(NC(=O)Nc2c(C(C)C)cccc2C(C)C)ccc1N(C)C. The van der Waals surface area contributed by atoms with Crippen LogP contribution in [0.25, 0.3) is 0 Å². The summed E-state index contributed by atoms with van der Waals surface area (Å²) in [6, 6.07) is 11.2. The second-order valence-electron chi connectivity index (χ2n) is 9.61. The lowest BCUT2D eigenvalue weighted by atomic mass is 9.93. The molecular formula is C28H43N5O2. The fourth-order valence-corrected chi connectivity index (χ4v) is 4.12. The molecule has 192 valence electrons. The van der Waals surface area contributed by atoms with Crippen LogP contribution < -0.4 is 20.9 Å². The number of carbonyl (C=O) groups excluding carboxylic acids is 2. The molecule has 35 heavy (non-hydrogen) atoms. The van der Waals surface area contributed by atoms with Crippen LogP contribution in [0.1, 0.15) is 74.9 Å². The van der Waals surface area contributed by atoms with Crippen molar-refractivity contribution in [1.82, 2.24) is 10.2 Å². The van der Waals surface area contributed by atoms with Gasteiger partial charge in [-0.05, 0) is 54.3 Å². The average molecular weight is 482 g/mol. The largest absolute Gasteiger partial charge is 0.377 e. The number of amides is 3. The Labute approximate surface area is 211 Å². The van der Waals surface area contributed by atoms with Gasteiger partial charge >= 0.3 is 6.03 Å². The molecule has 7 nitrogen and oxygen atoms in total. The van der Waals surface area contributed by atoms with Crippen LogP contribution in [0, 0.1) is 0 Å². The van der Waals surface area contributed by atoms with E-state index < -0.39 is 0 Å². The van der Waals surface area contributed by atoms with Gasteiger partial charge < -0.3 is 25.8 Å².